The molecule has 1 saturated heterocycles. The number of aromatic nitrogens is 4. The van der Waals surface area contributed by atoms with Gasteiger partial charge in [-0.15, -0.1) is 0 Å². The lowest BCUT2D eigenvalue weighted by Gasteiger charge is -2.27. The monoisotopic (exact) mass is 609 g/mol. The van der Waals surface area contributed by atoms with E-state index in [0.717, 1.165) is 0 Å². The van der Waals surface area contributed by atoms with Gasteiger partial charge in [0.05, 0.1) is 23.0 Å². The van der Waals surface area contributed by atoms with Crippen LogP contribution in [0.1, 0.15) is 37.3 Å². The number of fused-ring (bicyclic) bond motifs is 1. The molecule has 0 aliphatic carbocycles. The van der Waals surface area contributed by atoms with Crippen molar-refractivity contribution in [1.82, 2.24) is 19.5 Å². The van der Waals surface area contributed by atoms with Crippen LogP contribution in [0.4, 0.5) is 5.82 Å². The van der Waals surface area contributed by atoms with Crippen LogP contribution in [0.3, 0.4) is 0 Å². The summed E-state index contributed by atoms with van der Waals surface area (Å²) in [5.74, 6) is -2.08. The van der Waals surface area contributed by atoms with E-state index in [1.165, 1.54) is 17.2 Å². The van der Waals surface area contributed by atoms with Gasteiger partial charge in [0, 0.05) is 0 Å². The van der Waals surface area contributed by atoms with Gasteiger partial charge in [0.2, 0.25) is 0 Å². The molecule has 0 bridgehead atoms. The van der Waals surface area contributed by atoms with Crippen LogP contribution in [0, 0.1) is 0 Å². The Bertz CT molecular complexity index is 1800. The molecule has 228 valence electrons. The van der Waals surface area contributed by atoms with Gasteiger partial charge in [0.25, 0.3) is 0 Å². The van der Waals surface area contributed by atoms with Gasteiger partial charge in [-0.1, -0.05) is 54.6 Å². The quantitative estimate of drug-likeness (QED) is 0.185. The minimum absolute atomic E-state index is 0.109. The predicted octanol–water partition coefficient (Wildman–Crippen LogP) is 2.98. The molecule has 6 rings (SSSR count). The van der Waals surface area contributed by atoms with Crippen LogP contribution < -0.4 is 5.73 Å². The summed E-state index contributed by atoms with van der Waals surface area (Å²) in [7, 11) is 0. The van der Waals surface area contributed by atoms with Gasteiger partial charge < -0.3 is 29.8 Å². The van der Waals surface area contributed by atoms with E-state index in [-0.39, 0.29) is 33.7 Å². The second-order valence-corrected chi connectivity index (χ2v) is 10.1. The smallest absolute Gasteiger partial charge is 0.338 e. The summed E-state index contributed by atoms with van der Waals surface area (Å²) < 4.78 is 24.9. The molecule has 0 amide bonds. The van der Waals surface area contributed by atoms with E-state index in [1.54, 1.807) is 91.0 Å². The van der Waals surface area contributed by atoms with Crippen molar-refractivity contribution in [2.24, 2.45) is 0 Å². The lowest BCUT2D eigenvalue weighted by Crippen LogP contribution is -2.46. The third-order valence-corrected chi connectivity index (χ3v) is 7.19. The number of nitrogens with zero attached hydrogens (tertiary/aromatic N) is 4. The number of hydrogen-bond acceptors (Lipinski definition) is 12. The molecule has 1 aliphatic heterocycles. The van der Waals surface area contributed by atoms with Gasteiger partial charge in [0.15, 0.2) is 29.9 Å². The maximum atomic E-state index is 13.2. The Morgan fingerprint density at radius 2 is 1.40 bits per heavy atom. The molecule has 5 atom stereocenters. The summed E-state index contributed by atoms with van der Waals surface area (Å²) in [5, 5.41) is 11.6. The van der Waals surface area contributed by atoms with Crippen molar-refractivity contribution in [3.63, 3.8) is 0 Å². The van der Waals surface area contributed by atoms with Gasteiger partial charge in [-0.25, -0.2) is 29.3 Å². The van der Waals surface area contributed by atoms with Crippen molar-refractivity contribution in [3.8, 4) is 0 Å². The number of imidazole rings is 1. The molecule has 0 unspecified atom stereocenters. The molecule has 1 fully saturated rings. The first-order chi connectivity index (χ1) is 21.9. The predicted molar refractivity (Wildman–Crippen MR) is 158 cm³/mol. The Hall–Kier alpha value is -5.66. The number of ether oxygens (including phenoxy) is 4. The lowest BCUT2D eigenvalue weighted by atomic mass is 10.0. The number of benzene rings is 3. The summed E-state index contributed by atoms with van der Waals surface area (Å²) in [6.07, 6.45) is -4.22. The molecule has 45 heavy (non-hydrogen) atoms. The van der Waals surface area contributed by atoms with E-state index in [2.05, 4.69) is 15.0 Å². The fourth-order valence-electron chi connectivity index (χ4n) is 4.95. The van der Waals surface area contributed by atoms with E-state index in [0.29, 0.717) is 0 Å². The number of aliphatic hydroxyl groups is 1. The van der Waals surface area contributed by atoms with Crippen molar-refractivity contribution in [3.05, 3.63) is 120 Å². The number of nitrogen functional groups attached to an aromatic ring is 1. The number of carbonyl (C=O) groups is 3. The fourth-order valence-corrected chi connectivity index (χ4v) is 4.95. The normalized spacial score (nSPS) is 19.9. The summed E-state index contributed by atoms with van der Waals surface area (Å²) >= 11 is 0. The molecule has 0 radical (unpaired) electrons. The minimum Gasteiger partial charge on any atom is -0.458 e. The lowest BCUT2D eigenvalue weighted by molar-refractivity contribution is -0.106. The first-order valence-electron chi connectivity index (χ1n) is 13.9. The Morgan fingerprint density at radius 3 is 2.02 bits per heavy atom. The van der Waals surface area contributed by atoms with Gasteiger partial charge in [-0.3, -0.25) is 4.57 Å². The molecular weight excluding hydrogens is 582 g/mol. The fraction of sp³-hybridized carbons (Fsp3) is 0.188. The molecule has 13 nitrogen and oxygen atoms in total. The number of aliphatic hydroxyl groups excluding tert-OH is 1. The zero-order valence-corrected chi connectivity index (χ0v) is 23.6. The van der Waals surface area contributed by atoms with Crippen LogP contribution >= 0.6 is 0 Å². The maximum Gasteiger partial charge on any atom is 0.338 e. The Morgan fingerprint density at radius 1 is 0.822 bits per heavy atom. The molecule has 13 heteroatoms. The van der Waals surface area contributed by atoms with Crippen LogP contribution in [0.25, 0.3) is 11.2 Å². The number of esters is 3. The molecule has 3 aromatic carbocycles. The summed E-state index contributed by atoms with van der Waals surface area (Å²) in [5.41, 5.74) is 7.17. The average molecular weight is 610 g/mol. The number of nitrogens with two attached hydrogens (primary N) is 1. The van der Waals surface area contributed by atoms with Gasteiger partial charge in [0.1, 0.15) is 30.7 Å². The van der Waals surface area contributed by atoms with E-state index < -0.39 is 55.2 Å². The molecular formula is C32H27N5O8. The highest BCUT2D eigenvalue weighted by molar-refractivity contribution is 5.91. The third kappa shape index (κ3) is 6.20. The van der Waals surface area contributed by atoms with Crippen LogP contribution in [-0.2, 0) is 18.9 Å². The minimum atomic E-state index is -1.51. The second-order valence-electron chi connectivity index (χ2n) is 10.1. The largest absolute Gasteiger partial charge is 0.458 e. The number of rotatable bonds is 9. The van der Waals surface area contributed by atoms with E-state index in [9.17, 15) is 19.5 Å². The van der Waals surface area contributed by atoms with Crippen LogP contribution in [0.2, 0.25) is 0 Å². The zero-order chi connectivity index (χ0) is 31.3. The Balaban J connectivity index is 1.35. The summed E-state index contributed by atoms with van der Waals surface area (Å²) in [6.45, 7) is -0.490. The molecule has 2 aromatic heterocycles. The van der Waals surface area contributed by atoms with Gasteiger partial charge in [-0.2, -0.15) is 0 Å². The third-order valence-electron chi connectivity index (χ3n) is 7.19. The van der Waals surface area contributed by atoms with Crippen LogP contribution in [-0.4, -0.2) is 73.6 Å². The highest BCUT2D eigenvalue weighted by Gasteiger charge is 2.52. The van der Waals surface area contributed by atoms with Crippen molar-refractivity contribution in [2.45, 2.75) is 30.6 Å². The average Bonchev–Trinajstić information content (AvgIpc) is 3.65. The number of carbonyl (C=O) groups excluding carboxylic acids is 3. The van der Waals surface area contributed by atoms with Crippen LogP contribution in [0.5, 0.6) is 0 Å². The first kappa shape index (κ1) is 29.4. The van der Waals surface area contributed by atoms with Gasteiger partial charge in [-0.05, 0) is 36.4 Å². The Kier molecular flexibility index (Phi) is 8.44. The van der Waals surface area contributed by atoms with Crippen LogP contribution in [0.15, 0.2) is 104 Å². The molecule has 1 aliphatic rings. The van der Waals surface area contributed by atoms with Crippen molar-refractivity contribution < 1.29 is 38.4 Å². The van der Waals surface area contributed by atoms with Crippen molar-refractivity contribution in [2.75, 3.05) is 12.3 Å². The topological polar surface area (TPSA) is 178 Å². The first-order valence-corrected chi connectivity index (χ1v) is 13.9. The molecule has 0 saturated carbocycles. The van der Waals surface area contributed by atoms with E-state index in [4.69, 9.17) is 24.7 Å². The SMILES string of the molecule is Nc1ncnc2c1ncn2[C@@H]1O[C@H]([C@@H](COC(=O)c2ccccc2)OC(=O)c2ccccc2)[C@H](OC(=O)c2ccccc2)[C@H]1O. The van der Waals surface area contributed by atoms with Crippen molar-refractivity contribution >= 4 is 34.9 Å². The Labute approximate surface area is 256 Å². The van der Waals surface area contributed by atoms with Gasteiger partial charge >= 0.3 is 17.9 Å². The summed E-state index contributed by atoms with van der Waals surface area (Å²) in [6, 6.07) is 24.6. The summed E-state index contributed by atoms with van der Waals surface area (Å²) in [4.78, 5) is 51.7. The molecule has 0 spiro atoms. The zero-order valence-electron chi connectivity index (χ0n) is 23.6. The standard InChI is InChI=1S/C32H27N5O8/c33-27-23-28(35-17-34-27)37(18-36-23)29-24(38)26(45-32(41)21-14-8-3-9-15-21)25(44-29)22(43-31(40)20-12-6-2-7-13-20)16-42-30(39)19-10-4-1-5-11-19/h1-15,17-18,22,24-26,29,38H,16H2,(H2,33,34,35)/t22-,24-,25-,26-,29-/m1/s1. The maximum absolute atomic E-state index is 13.2. The van der Waals surface area contributed by atoms with Crippen molar-refractivity contribution in [1.29, 1.82) is 0 Å². The second kappa shape index (κ2) is 12.9. The number of anilines is 1. The highest BCUT2D eigenvalue weighted by atomic mass is 16.6. The van der Waals surface area contributed by atoms with E-state index >= 15 is 0 Å². The molecule has 3 heterocycles. The molecule has 5 aromatic rings. The molecule has 3 N–H and O–H groups in total. The van der Waals surface area contributed by atoms with E-state index in [1.807, 2.05) is 0 Å². The highest BCUT2D eigenvalue weighted by Crippen LogP contribution is 2.36. The number of hydrogen-bond donors (Lipinski definition) is 2.